The number of hydrogen-bond donors (Lipinski definition) is 2. The number of halogens is 3. The van der Waals surface area contributed by atoms with Crippen molar-refractivity contribution in [1.82, 2.24) is 5.32 Å². The van der Waals surface area contributed by atoms with Crippen LogP contribution in [0.5, 0.6) is 0 Å². The number of carbonyl (C=O) groups is 1. The summed E-state index contributed by atoms with van der Waals surface area (Å²) in [5.41, 5.74) is 0.293. The number of benzene rings is 1. The zero-order valence-corrected chi connectivity index (χ0v) is 12.7. The first-order valence-corrected chi connectivity index (χ1v) is 7.04. The van der Waals surface area contributed by atoms with Gasteiger partial charge in [-0.3, -0.25) is 4.79 Å². The van der Waals surface area contributed by atoms with Crippen LogP contribution in [0.4, 0.5) is 5.69 Å². The molecule has 0 fully saturated rings. The van der Waals surface area contributed by atoms with Crippen LogP contribution in [0.3, 0.4) is 0 Å². The van der Waals surface area contributed by atoms with Crippen molar-refractivity contribution in [1.29, 1.82) is 5.26 Å². The van der Waals surface area contributed by atoms with Gasteiger partial charge in [-0.25, -0.2) is 0 Å². The molecule has 0 saturated carbocycles. The Balaban J connectivity index is 2.73. The van der Waals surface area contributed by atoms with Gasteiger partial charge in [0.1, 0.15) is 11.6 Å². The maximum atomic E-state index is 11.9. The Morgan fingerprint density at radius 2 is 2.15 bits per heavy atom. The van der Waals surface area contributed by atoms with Gasteiger partial charge in [0.15, 0.2) is 0 Å². The number of amides is 1. The van der Waals surface area contributed by atoms with Gasteiger partial charge in [-0.15, -0.1) is 11.6 Å². The fourth-order valence-electron chi connectivity index (χ4n) is 1.28. The van der Waals surface area contributed by atoms with Crippen molar-refractivity contribution >= 4 is 46.4 Å². The highest BCUT2D eigenvalue weighted by molar-refractivity contribution is 6.44. The molecule has 0 aliphatic heterocycles. The van der Waals surface area contributed by atoms with Gasteiger partial charge in [0.05, 0.1) is 15.7 Å². The van der Waals surface area contributed by atoms with E-state index < -0.39 is 5.91 Å². The highest BCUT2D eigenvalue weighted by atomic mass is 35.5. The lowest BCUT2D eigenvalue weighted by Crippen LogP contribution is -2.17. The molecular weight excluding hydrogens is 321 g/mol. The molecular formula is C13H12Cl3N3O. The Labute approximate surface area is 132 Å². The molecule has 0 atom stereocenters. The zero-order valence-electron chi connectivity index (χ0n) is 10.4. The smallest absolute Gasteiger partial charge is 0.267 e. The van der Waals surface area contributed by atoms with Crippen LogP contribution >= 0.6 is 34.8 Å². The highest BCUT2D eigenvalue weighted by Crippen LogP contribution is 2.29. The fourth-order valence-corrected chi connectivity index (χ4v) is 1.76. The van der Waals surface area contributed by atoms with Crippen molar-refractivity contribution in [3.63, 3.8) is 0 Å². The lowest BCUT2D eigenvalue weighted by atomic mass is 10.2. The van der Waals surface area contributed by atoms with Crippen LogP contribution < -0.4 is 10.6 Å². The Morgan fingerprint density at radius 3 is 2.80 bits per heavy atom. The second-order valence-corrected chi connectivity index (χ2v) is 4.89. The van der Waals surface area contributed by atoms with Crippen LogP contribution in [0.15, 0.2) is 30.0 Å². The first-order valence-electron chi connectivity index (χ1n) is 5.75. The van der Waals surface area contributed by atoms with Crippen LogP contribution in [0.25, 0.3) is 0 Å². The van der Waals surface area contributed by atoms with E-state index in [4.69, 9.17) is 40.1 Å². The third-order valence-corrected chi connectivity index (χ3v) is 3.35. The van der Waals surface area contributed by atoms with E-state index in [1.807, 2.05) is 6.07 Å². The predicted molar refractivity (Wildman–Crippen MR) is 82.1 cm³/mol. The number of carbonyl (C=O) groups excluding carboxylic acids is 1. The van der Waals surface area contributed by atoms with Crippen molar-refractivity contribution in [2.75, 3.05) is 17.7 Å². The van der Waals surface area contributed by atoms with E-state index in [0.717, 1.165) is 6.42 Å². The minimum Gasteiger partial charge on any atom is -0.390 e. The molecule has 0 aromatic heterocycles. The van der Waals surface area contributed by atoms with Crippen molar-refractivity contribution < 1.29 is 4.79 Å². The van der Waals surface area contributed by atoms with Crippen LogP contribution in [0.1, 0.15) is 6.42 Å². The topological polar surface area (TPSA) is 64.9 Å². The molecule has 4 nitrogen and oxygen atoms in total. The SMILES string of the molecule is N#C/C(=C/NCCCCl)C(=O)Nc1cccc(Cl)c1Cl. The van der Waals surface area contributed by atoms with E-state index in [1.54, 1.807) is 18.2 Å². The second kappa shape index (κ2) is 8.70. The summed E-state index contributed by atoms with van der Waals surface area (Å²) in [7, 11) is 0. The molecule has 106 valence electrons. The van der Waals surface area contributed by atoms with Gasteiger partial charge in [-0.05, 0) is 18.6 Å². The molecule has 1 aromatic carbocycles. The van der Waals surface area contributed by atoms with Crippen LogP contribution in [0.2, 0.25) is 10.0 Å². The zero-order chi connectivity index (χ0) is 15.0. The minimum atomic E-state index is -0.560. The Hall–Kier alpha value is -1.41. The van der Waals surface area contributed by atoms with E-state index in [9.17, 15) is 4.79 Å². The van der Waals surface area contributed by atoms with Crippen molar-refractivity contribution in [2.45, 2.75) is 6.42 Å². The Bertz CT molecular complexity index is 552. The summed E-state index contributed by atoms with van der Waals surface area (Å²) in [5, 5.41) is 14.9. The van der Waals surface area contributed by atoms with Gasteiger partial charge in [-0.1, -0.05) is 29.3 Å². The summed E-state index contributed by atoms with van der Waals surface area (Å²) in [5.74, 6) is -0.0532. The molecule has 0 spiro atoms. The molecule has 0 bridgehead atoms. The molecule has 0 aliphatic rings. The number of nitriles is 1. The van der Waals surface area contributed by atoms with E-state index >= 15 is 0 Å². The van der Waals surface area contributed by atoms with Crippen molar-refractivity contribution in [3.8, 4) is 6.07 Å². The molecule has 1 aromatic rings. The molecule has 0 heterocycles. The fraction of sp³-hybridized carbons (Fsp3) is 0.231. The van der Waals surface area contributed by atoms with Gasteiger partial charge >= 0.3 is 0 Å². The molecule has 1 amide bonds. The van der Waals surface area contributed by atoms with Gasteiger partial charge in [-0.2, -0.15) is 5.26 Å². The molecule has 2 N–H and O–H groups in total. The molecule has 0 saturated heterocycles. The molecule has 0 unspecified atom stereocenters. The first-order chi connectivity index (χ1) is 9.60. The maximum absolute atomic E-state index is 11.9. The Kier molecular flexibility index (Phi) is 7.24. The van der Waals surface area contributed by atoms with Gasteiger partial charge < -0.3 is 10.6 Å². The summed E-state index contributed by atoms with van der Waals surface area (Å²) < 4.78 is 0. The van der Waals surface area contributed by atoms with Crippen LogP contribution in [-0.2, 0) is 4.79 Å². The quantitative estimate of drug-likeness (QED) is 0.362. The largest absolute Gasteiger partial charge is 0.390 e. The number of nitrogens with zero attached hydrogens (tertiary/aromatic N) is 1. The lowest BCUT2D eigenvalue weighted by molar-refractivity contribution is -0.112. The second-order valence-electron chi connectivity index (χ2n) is 3.72. The average Bonchev–Trinajstić information content (AvgIpc) is 2.44. The molecule has 0 aliphatic carbocycles. The number of anilines is 1. The summed E-state index contributed by atoms with van der Waals surface area (Å²) in [4.78, 5) is 11.9. The summed E-state index contributed by atoms with van der Waals surface area (Å²) in [6.45, 7) is 0.583. The number of nitrogens with one attached hydrogen (secondary N) is 2. The van der Waals surface area contributed by atoms with Crippen LogP contribution in [0, 0.1) is 11.3 Å². The third kappa shape index (κ3) is 4.93. The monoisotopic (exact) mass is 331 g/mol. The Morgan fingerprint density at radius 1 is 1.40 bits per heavy atom. The van der Waals surface area contributed by atoms with Gasteiger partial charge in [0.2, 0.25) is 0 Å². The molecule has 1 rings (SSSR count). The van der Waals surface area contributed by atoms with E-state index in [2.05, 4.69) is 10.6 Å². The van der Waals surface area contributed by atoms with Crippen LogP contribution in [-0.4, -0.2) is 18.3 Å². The highest BCUT2D eigenvalue weighted by Gasteiger charge is 2.12. The number of alkyl halides is 1. The van der Waals surface area contributed by atoms with Gasteiger partial charge in [0, 0.05) is 18.6 Å². The van der Waals surface area contributed by atoms with Crippen molar-refractivity contribution in [3.05, 3.63) is 40.0 Å². The first kappa shape index (κ1) is 16.6. The molecule has 0 radical (unpaired) electrons. The average molecular weight is 333 g/mol. The minimum absolute atomic E-state index is 0.0596. The maximum Gasteiger partial charge on any atom is 0.267 e. The standard InChI is InChI=1S/C13H12Cl3N3O/c14-5-2-6-18-8-9(7-17)13(20)19-11-4-1-3-10(15)12(11)16/h1,3-4,8,18H,2,5-6H2,(H,19,20)/b9-8-. The summed E-state index contributed by atoms with van der Waals surface area (Å²) in [6, 6.07) is 6.67. The van der Waals surface area contributed by atoms with Gasteiger partial charge in [0.25, 0.3) is 5.91 Å². The number of rotatable bonds is 6. The normalized spacial score (nSPS) is 10.8. The lowest BCUT2D eigenvalue weighted by Gasteiger charge is -2.07. The predicted octanol–water partition coefficient (Wildman–Crippen LogP) is 3.56. The molecule has 20 heavy (non-hydrogen) atoms. The third-order valence-electron chi connectivity index (χ3n) is 2.27. The van der Waals surface area contributed by atoms with E-state index in [1.165, 1.54) is 6.20 Å². The van der Waals surface area contributed by atoms with E-state index in [-0.39, 0.29) is 10.6 Å². The number of hydrogen-bond acceptors (Lipinski definition) is 3. The molecule has 7 heteroatoms. The van der Waals surface area contributed by atoms with E-state index in [0.29, 0.717) is 23.1 Å². The van der Waals surface area contributed by atoms with Crippen molar-refractivity contribution in [2.24, 2.45) is 0 Å². The summed E-state index contributed by atoms with van der Waals surface area (Å²) >= 11 is 17.3. The summed E-state index contributed by atoms with van der Waals surface area (Å²) in [6.07, 6.45) is 2.08.